The predicted octanol–water partition coefficient (Wildman–Crippen LogP) is 3.10. The molecule has 24 heavy (non-hydrogen) atoms. The van der Waals surface area contributed by atoms with Crippen LogP contribution >= 0.6 is 12.2 Å². The lowest BCUT2D eigenvalue weighted by Crippen LogP contribution is -2.56. The van der Waals surface area contributed by atoms with E-state index in [1.165, 1.54) is 0 Å². The molecule has 3 aliphatic heterocycles. The summed E-state index contributed by atoms with van der Waals surface area (Å²) in [5.74, 6) is 1.94. The summed E-state index contributed by atoms with van der Waals surface area (Å²) >= 11 is 5.11. The fourth-order valence-corrected chi connectivity index (χ4v) is 4.94. The first kappa shape index (κ1) is 14.4. The standard InChI is InChI=1S/C18H20N4OS/c19-17-13-3-1-2-4-14(13)23-18(17)7-11-5-6-12(8-18)22(11)15-9-21-16(24)10-20-15/h1-4,9-12,17H,5-8,19H2,(H,21,24)/t11-,12?,17+,18?/m0/s1. The summed E-state index contributed by atoms with van der Waals surface area (Å²) in [5.41, 5.74) is 7.51. The molecule has 124 valence electrons. The van der Waals surface area contributed by atoms with E-state index in [4.69, 9.17) is 22.7 Å². The number of H-pyrrole nitrogens is 1. The Morgan fingerprint density at radius 2 is 2.00 bits per heavy atom. The first-order valence-corrected chi connectivity index (χ1v) is 8.94. The first-order valence-electron chi connectivity index (χ1n) is 8.53. The molecule has 1 aromatic heterocycles. The Bertz CT molecular complexity index is 816. The number of benzene rings is 1. The van der Waals surface area contributed by atoms with E-state index < -0.39 is 0 Å². The zero-order valence-electron chi connectivity index (χ0n) is 13.3. The first-order chi connectivity index (χ1) is 11.7. The van der Waals surface area contributed by atoms with Crippen molar-refractivity contribution in [3.63, 3.8) is 0 Å². The highest BCUT2D eigenvalue weighted by atomic mass is 32.1. The van der Waals surface area contributed by atoms with Gasteiger partial charge in [-0.2, -0.15) is 0 Å². The van der Waals surface area contributed by atoms with Crippen molar-refractivity contribution in [2.75, 3.05) is 4.90 Å². The zero-order chi connectivity index (χ0) is 16.3. The summed E-state index contributed by atoms with van der Waals surface area (Å²) in [6, 6.07) is 8.99. The molecule has 3 N–H and O–H groups in total. The fourth-order valence-electron chi connectivity index (χ4n) is 4.83. The third-order valence-electron chi connectivity index (χ3n) is 5.84. The Morgan fingerprint density at radius 1 is 1.25 bits per heavy atom. The Kier molecular flexibility index (Phi) is 3.03. The molecule has 4 heterocycles. The number of fused-ring (bicyclic) bond motifs is 3. The maximum atomic E-state index is 6.63. The Hall–Kier alpha value is -1.92. The van der Waals surface area contributed by atoms with Crippen LogP contribution in [0.5, 0.6) is 5.75 Å². The smallest absolute Gasteiger partial charge is 0.145 e. The van der Waals surface area contributed by atoms with Gasteiger partial charge in [-0.1, -0.05) is 30.4 Å². The summed E-state index contributed by atoms with van der Waals surface area (Å²) < 4.78 is 7.10. The van der Waals surface area contributed by atoms with Gasteiger partial charge in [0.1, 0.15) is 21.8 Å². The van der Waals surface area contributed by atoms with Crippen molar-refractivity contribution < 1.29 is 4.74 Å². The summed E-state index contributed by atoms with van der Waals surface area (Å²) in [6.45, 7) is 0. The monoisotopic (exact) mass is 340 g/mol. The zero-order valence-corrected chi connectivity index (χ0v) is 14.1. The fraction of sp³-hybridized carbons (Fsp3) is 0.444. The van der Waals surface area contributed by atoms with Gasteiger partial charge in [-0.05, 0) is 18.9 Å². The maximum Gasteiger partial charge on any atom is 0.145 e. The van der Waals surface area contributed by atoms with Crippen molar-refractivity contribution in [2.24, 2.45) is 5.73 Å². The molecule has 3 aliphatic rings. The summed E-state index contributed by atoms with van der Waals surface area (Å²) in [4.78, 5) is 10.1. The van der Waals surface area contributed by atoms with E-state index in [0.29, 0.717) is 16.7 Å². The third-order valence-corrected chi connectivity index (χ3v) is 6.06. The number of piperidine rings is 1. The van der Waals surface area contributed by atoms with Gasteiger partial charge in [-0.15, -0.1) is 0 Å². The van der Waals surface area contributed by atoms with Crippen LogP contribution in [0.1, 0.15) is 37.3 Å². The maximum absolute atomic E-state index is 6.63. The number of hydrogen-bond acceptors (Lipinski definition) is 5. The topological polar surface area (TPSA) is 67.2 Å². The van der Waals surface area contributed by atoms with Gasteiger partial charge in [0.25, 0.3) is 0 Å². The second-order valence-corrected chi connectivity index (χ2v) is 7.59. The van der Waals surface area contributed by atoms with Crippen molar-refractivity contribution in [3.8, 4) is 5.75 Å². The van der Waals surface area contributed by atoms with Crippen LogP contribution in [0.15, 0.2) is 36.7 Å². The SMILES string of the molecule is N[C@@H]1c2ccccc2OC12CC1CC[C@@H](C2)N1c1c[nH]c(=S)cn1. The van der Waals surface area contributed by atoms with Crippen molar-refractivity contribution in [1.82, 2.24) is 9.97 Å². The van der Waals surface area contributed by atoms with Crippen LogP contribution in [-0.4, -0.2) is 27.7 Å². The van der Waals surface area contributed by atoms with Gasteiger partial charge in [0.15, 0.2) is 0 Å². The van der Waals surface area contributed by atoms with Crippen LogP contribution in [0.25, 0.3) is 0 Å². The van der Waals surface area contributed by atoms with E-state index in [0.717, 1.165) is 42.8 Å². The average molecular weight is 340 g/mol. The lowest BCUT2D eigenvalue weighted by atomic mass is 9.79. The summed E-state index contributed by atoms with van der Waals surface area (Å²) in [5, 5.41) is 0. The molecule has 2 unspecified atom stereocenters. The molecule has 2 bridgehead atoms. The molecule has 0 aliphatic carbocycles. The van der Waals surface area contributed by atoms with Gasteiger partial charge in [-0.3, -0.25) is 0 Å². The highest BCUT2D eigenvalue weighted by Crippen LogP contribution is 2.53. The van der Waals surface area contributed by atoms with E-state index >= 15 is 0 Å². The molecule has 6 heteroatoms. The van der Waals surface area contributed by atoms with E-state index in [1.54, 1.807) is 6.20 Å². The minimum absolute atomic E-state index is 0.0477. The number of nitrogens with one attached hydrogen (secondary N) is 1. The number of hydrogen-bond donors (Lipinski definition) is 2. The van der Waals surface area contributed by atoms with Crippen LogP contribution in [0, 0.1) is 4.64 Å². The van der Waals surface area contributed by atoms with Crippen molar-refractivity contribution in [3.05, 3.63) is 46.9 Å². The Morgan fingerprint density at radius 3 is 2.67 bits per heavy atom. The summed E-state index contributed by atoms with van der Waals surface area (Å²) in [6.07, 6.45) is 7.86. The summed E-state index contributed by atoms with van der Waals surface area (Å²) in [7, 11) is 0. The molecule has 0 saturated carbocycles. The molecule has 2 aromatic rings. The minimum Gasteiger partial charge on any atom is -0.485 e. The van der Waals surface area contributed by atoms with Gasteiger partial charge in [0, 0.05) is 36.7 Å². The number of anilines is 1. The molecule has 0 amide bonds. The number of aromatic amines is 1. The van der Waals surface area contributed by atoms with E-state index in [9.17, 15) is 0 Å². The quantitative estimate of drug-likeness (QED) is 0.781. The number of para-hydroxylation sites is 1. The number of aromatic nitrogens is 2. The van der Waals surface area contributed by atoms with Crippen LogP contribution in [-0.2, 0) is 0 Å². The van der Waals surface area contributed by atoms with Crippen molar-refractivity contribution in [1.29, 1.82) is 0 Å². The molecular formula is C18H20N4OS. The van der Waals surface area contributed by atoms with Crippen LogP contribution in [0.4, 0.5) is 5.82 Å². The molecule has 5 nitrogen and oxygen atoms in total. The third kappa shape index (κ3) is 1.96. The molecular weight excluding hydrogens is 320 g/mol. The van der Waals surface area contributed by atoms with Gasteiger partial charge >= 0.3 is 0 Å². The molecule has 0 radical (unpaired) electrons. The number of rotatable bonds is 1. The van der Waals surface area contributed by atoms with Gasteiger partial charge in [0.05, 0.1) is 12.2 Å². The van der Waals surface area contributed by atoms with Crippen LogP contribution in [0.2, 0.25) is 0 Å². The Balaban J connectivity index is 1.47. The van der Waals surface area contributed by atoms with Crippen molar-refractivity contribution >= 4 is 18.0 Å². The van der Waals surface area contributed by atoms with Crippen LogP contribution < -0.4 is 15.4 Å². The van der Waals surface area contributed by atoms with E-state index in [1.807, 2.05) is 24.4 Å². The predicted molar refractivity (Wildman–Crippen MR) is 94.7 cm³/mol. The molecule has 1 aromatic carbocycles. The van der Waals surface area contributed by atoms with Crippen molar-refractivity contribution in [2.45, 2.75) is 49.4 Å². The second-order valence-electron chi connectivity index (χ2n) is 7.15. The molecule has 5 rings (SSSR count). The number of nitrogens with zero attached hydrogens (tertiary/aromatic N) is 2. The van der Waals surface area contributed by atoms with Gasteiger partial charge < -0.3 is 20.4 Å². The molecule has 2 fully saturated rings. The molecule has 1 spiro atoms. The molecule has 4 atom stereocenters. The highest BCUT2D eigenvalue weighted by molar-refractivity contribution is 7.71. The van der Waals surface area contributed by atoms with E-state index in [-0.39, 0.29) is 11.6 Å². The minimum atomic E-state index is -0.270. The largest absolute Gasteiger partial charge is 0.485 e. The second kappa shape index (κ2) is 5.04. The number of nitrogens with two attached hydrogens (primary N) is 1. The van der Waals surface area contributed by atoms with Gasteiger partial charge in [0.2, 0.25) is 0 Å². The Labute approximate surface area is 145 Å². The lowest BCUT2D eigenvalue weighted by molar-refractivity contribution is 0.0272. The highest BCUT2D eigenvalue weighted by Gasteiger charge is 2.56. The van der Waals surface area contributed by atoms with Gasteiger partial charge in [-0.25, -0.2) is 4.98 Å². The van der Waals surface area contributed by atoms with E-state index in [2.05, 4.69) is 20.9 Å². The number of ether oxygens (including phenoxy) is 1. The average Bonchev–Trinajstić information content (AvgIpc) is 3.01. The molecule has 2 saturated heterocycles. The normalized spacial score (nSPS) is 33.5. The lowest BCUT2D eigenvalue weighted by Gasteiger charge is -2.46. The van der Waals surface area contributed by atoms with Crippen LogP contribution in [0.3, 0.4) is 0 Å².